The Morgan fingerprint density at radius 2 is 1.28 bits per heavy atom. The minimum atomic E-state index is -4.38. The van der Waals surface area contributed by atoms with Crippen molar-refractivity contribution < 1.29 is 33.4 Å². The minimum absolute atomic E-state index is 0. The van der Waals surface area contributed by atoms with Crippen LogP contribution in [0.3, 0.4) is 0 Å². The van der Waals surface area contributed by atoms with Crippen molar-refractivity contribution in [3.63, 3.8) is 0 Å². The van der Waals surface area contributed by atoms with Crippen molar-refractivity contribution in [1.29, 1.82) is 0 Å². The van der Waals surface area contributed by atoms with Gasteiger partial charge in [-0.05, 0) is 63.5 Å². The molecule has 25 heavy (non-hydrogen) atoms. The summed E-state index contributed by atoms with van der Waals surface area (Å²) in [4.78, 5) is 0.0741. The average molecular weight is 476 g/mol. The molecule has 0 spiro atoms. The van der Waals surface area contributed by atoms with Crippen LogP contribution in [0, 0.1) is 7.43 Å². The Labute approximate surface area is 168 Å². The summed E-state index contributed by atoms with van der Waals surface area (Å²) >= 11 is 0. The molecule has 6 heteroatoms. The van der Waals surface area contributed by atoms with Crippen molar-refractivity contribution in [2.75, 3.05) is 0 Å². The van der Waals surface area contributed by atoms with Crippen LogP contribution < -0.4 is 5.30 Å². The summed E-state index contributed by atoms with van der Waals surface area (Å²) in [7, 11) is -5.40. The molecule has 0 bridgehead atoms. The van der Waals surface area contributed by atoms with Gasteiger partial charge in [0, 0.05) is 28.3 Å². The van der Waals surface area contributed by atoms with Crippen LogP contribution in [-0.4, -0.2) is 24.3 Å². The molecule has 1 aromatic rings. The van der Waals surface area contributed by atoms with Gasteiger partial charge in [0.2, 0.25) is 0 Å². The normalized spacial score (nSPS) is 19.9. The first-order valence-electron chi connectivity index (χ1n) is 8.99. The van der Waals surface area contributed by atoms with Gasteiger partial charge >= 0.3 is 0 Å². The second kappa shape index (κ2) is 10.5. The summed E-state index contributed by atoms with van der Waals surface area (Å²) in [6, 6.07) is 7.09. The fraction of sp³-hybridized carbons (Fsp3) is 0.632. The van der Waals surface area contributed by atoms with E-state index in [4.69, 9.17) is 0 Å². The topological polar surface area (TPSA) is 57.2 Å². The van der Waals surface area contributed by atoms with Crippen LogP contribution in [0.4, 0.5) is 0 Å². The molecular formula is C19H30O3PPdS-. The Kier molecular flexibility index (Phi) is 9.80. The van der Waals surface area contributed by atoms with Crippen LogP contribution in [0.5, 0.6) is 0 Å². The number of benzene rings is 1. The summed E-state index contributed by atoms with van der Waals surface area (Å²) in [5.74, 6) is 0. The van der Waals surface area contributed by atoms with E-state index >= 15 is 0 Å². The number of hydrogen-bond acceptors (Lipinski definition) is 3. The van der Waals surface area contributed by atoms with E-state index in [9.17, 15) is 13.0 Å². The third-order valence-electron chi connectivity index (χ3n) is 5.56. The van der Waals surface area contributed by atoms with Gasteiger partial charge in [-0.2, -0.15) is 0 Å². The van der Waals surface area contributed by atoms with Gasteiger partial charge in [0.15, 0.2) is 0 Å². The SMILES string of the molecule is O=S(=O)([O-])c1ccccc1[PH+](C1CCCCC1)C1CCCCC1.[CH3-].[Pd]. The van der Waals surface area contributed by atoms with E-state index in [0.29, 0.717) is 11.3 Å². The van der Waals surface area contributed by atoms with Gasteiger partial charge in [0.25, 0.3) is 0 Å². The Balaban J connectivity index is 0.00000156. The molecule has 2 aliphatic carbocycles. The fourth-order valence-electron chi connectivity index (χ4n) is 4.52. The summed E-state index contributed by atoms with van der Waals surface area (Å²) in [6.07, 6.45) is 12.5. The van der Waals surface area contributed by atoms with E-state index in [1.54, 1.807) is 6.07 Å². The summed E-state index contributed by atoms with van der Waals surface area (Å²) in [6.45, 7) is 0. The molecule has 2 fully saturated rings. The van der Waals surface area contributed by atoms with Gasteiger partial charge in [0.1, 0.15) is 15.4 Å². The van der Waals surface area contributed by atoms with E-state index in [-0.39, 0.29) is 32.7 Å². The summed E-state index contributed by atoms with van der Waals surface area (Å²) in [5, 5.41) is 0.909. The second-order valence-electron chi connectivity index (χ2n) is 7.08. The Hall–Kier alpha value is 0.222. The predicted octanol–water partition coefficient (Wildman–Crippen LogP) is 4.54. The van der Waals surface area contributed by atoms with E-state index in [2.05, 4.69) is 0 Å². The molecule has 146 valence electrons. The maximum atomic E-state index is 11.8. The maximum absolute atomic E-state index is 11.8. The van der Waals surface area contributed by atoms with Crippen LogP contribution in [-0.2, 0) is 30.5 Å². The molecule has 1 aromatic carbocycles. The molecule has 3 nitrogen and oxygen atoms in total. The van der Waals surface area contributed by atoms with Gasteiger partial charge < -0.3 is 12.0 Å². The molecule has 0 amide bonds. The zero-order chi connectivity index (χ0) is 16.3. The van der Waals surface area contributed by atoms with Crippen molar-refractivity contribution in [1.82, 2.24) is 0 Å². The van der Waals surface area contributed by atoms with Crippen LogP contribution in [0.25, 0.3) is 0 Å². The first kappa shape index (κ1) is 23.3. The first-order valence-corrected chi connectivity index (χ1v) is 12.1. The van der Waals surface area contributed by atoms with Crippen molar-refractivity contribution in [2.45, 2.75) is 80.4 Å². The van der Waals surface area contributed by atoms with Crippen LogP contribution in [0.15, 0.2) is 29.2 Å². The molecule has 0 radical (unpaired) electrons. The van der Waals surface area contributed by atoms with E-state index in [1.165, 1.54) is 70.3 Å². The fourth-order valence-corrected chi connectivity index (χ4v) is 10.1. The number of rotatable bonds is 4. The standard InChI is InChI=1S/C18H27O3PS.CH3.Pd/c19-23(20,21)18-14-8-7-13-17(18)22(15-9-3-1-4-10-15)16-11-5-2-6-12-16;;/h7-8,13-16H,1-6,9-12H2,(H,19,20,21);1H3;/q;-1;. The molecule has 0 N–H and O–H groups in total. The Morgan fingerprint density at radius 1 is 0.840 bits per heavy atom. The molecule has 3 rings (SSSR count). The summed E-state index contributed by atoms with van der Waals surface area (Å²) < 4.78 is 35.4. The first-order chi connectivity index (χ1) is 11.1. The second-order valence-corrected chi connectivity index (χ2v) is 11.5. The van der Waals surface area contributed by atoms with Crippen LogP contribution in [0.2, 0.25) is 0 Å². The third kappa shape index (κ3) is 5.85. The third-order valence-corrected chi connectivity index (χ3v) is 10.6. The average Bonchev–Trinajstić information content (AvgIpc) is 2.57. The van der Waals surface area contributed by atoms with Gasteiger partial charge in [-0.3, -0.25) is 0 Å². The van der Waals surface area contributed by atoms with E-state index in [1.807, 2.05) is 12.1 Å². The monoisotopic (exact) mass is 475 g/mol. The Bertz CT molecular complexity index is 605. The zero-order valence-corrected chi connectivity index (χ0v) is 18.4. The molecular weight excluding hydrogens is 446 g/mol. The van der Waals surface area contributed by atoms with Crippen molar-refractivity contribution >= 4 is 23.3 Å². The van der Waals surface area contributed by atoms with Crippen LogP contribution >= 0.6 is 7.92 Å². The molecule has 2 saturated carbocycles. The predicted molar refractivity (Wildman–Crippen MR) is 103 cm³/mol. The molecule has 0 aliphatic heterocycles. The molecule has 0 atom stereocenters. The number of hydrogen-bond donors (Lipinski definition) is 0. The molecule has 2 aliphatic rings. The molecule has 0 aromatic heterocycles. The molecule has 0 unspecified atom stereocenters. The minimum Gasteiger partial charge on any atom is -0.744 e. The zero-order valence-electron chi connectivity index (χ0n) is 15.0. The van der Waals surface area contributed by atoms with Crippen molar-refractivity contribution in [3.05, 3.63) is 31.7 Å². The van der Waals surface area contributed by atoms with E-state index in [0.717, 1.165) is 5.30 Å². The van der Waals surface area contributed by atoms with Gasteiger partial charge in [-0.1, -0.05) is 25.0 Å². The van der Waals surface area contributed by atoms with Crippen LogP contribution in [0.1, 0.15) is 64.2 Å². The Morgan fingerprint density at radius 3 is 1.72 bits per heavy atom. The van der Waals surface area contributed by atoms with Gasteiger partial charge in [-0.25, -0.2) is 8.42 Å². The van der Waals surface area contributed by atoms with Crippen molar-refractivity contribution in [3.8, 4) is 0 Å². The van der Waals surface area contributed by atoms with E-state index < -0.39 is 18.0 Å². The molecule has 0 saturated heterocycles. The van der Waals surface area contributed by atoms with Gasteiger partial charge in [0.05, 0.1) is 16.2 Å². The molecule has 0 heterocycles. The largest absolute Gasteiger partial charge is 0.744 e. The van der Waals surface area contributed by atoms with Crippen molar-refractivity contribution in [2.24, 2.45) is 0 Å². The summed E-state index contributed by atoms with van der Waals surface area (Å²) in [5.41, 5.74) is 1.28. The quantitative estimate of drug-likeness (QED) is 0.278. The smallest absolute Gasteiger partial charge is 0.128 e. The van der Waals surface area contributed by atoms with Gasteiger partial charge in [-0.15, -0.1) is 0 Å². The maximum Gasteiger partial charge on any atom is 0.128 e.